The lowest BCUT2D eigenvalue weighted by Gasteiger charge is -2.31. The number of primary amides is 1. The number of carbonyl (C=O) groups is 2. The van der Waals surface area contributed by atoms with E-state index in [1.165, 1.54) is 0 Å². The highest BCUT2D eigenvalue weighted by Crippen LogP contribution is 2.27. The topological polar surface area (TPSA) is 110 Å². The molecule has 5 N–H and O–H groups in total. The summed E-state index contributed by atoms with van der Waals surface area (Å²) in [6.45, 7) is 0.683. The lowest BCUT2D eigenvalue weighted by atomic mass is 9.96. The molecule has 1 aromatic rings. The summed E-state index contributed by atoms with van der Waals surface area (Å²) in [5, 5.41) is 9.99. The molecule has 0 aliphatic carbocycles. The van der Waals surface area contributed by atoms with Crippen molar-refractivity contribution in [3.63, 3.8) is 0 Å². The minimum atomic E-state index is -0.651. The van der Waals surface area contributed by atoms with Crippen LogP contribution in [0.2, 0.25) is 0 Å². The molecule has 1 heterocycles. The van der Waals surface area contributed by atoms with E-state index in [1.807, 2.05) is 0 Å². The highest BCUT2D eigenvalue weighted by atomic mass is 16.3. The third kappa shape index (κ3) is 3.59. The molecule has 21 heavy (non-hydrogen) atoms. The van der Waals surface area contributed by atoms with Crippen LogP contribution in [0.5, 0.6) is 0 Å². The zero-order valence-electron chi connectivity index (χ0n) is 11.9. The minimum Gasteiger partial charge on any atom is -0.388 e. The molecule has 6 heteroatoms. The van der Waals surface area contributed by atoms with Gasteiger partial charge in [-0.25, -0.2) is 0 Å². The van der Waals surface area contributed by atoms with E-state index in [9.17, 15) is 14.7 Å². The quantitative estimate of drug-likeness (QED) is 0.724. The van der Waals surface area contributed by atoms with E-state index < -0.39 is 6.10 Å². The first-order chi connectivity index (χ1) is 10.0. The fourth-order valence-corrected chi connectivity index (χ4v) is 2.55. The number of carbonyl (C=O) groups excluding carboxylic acids is 2. The van der Waals surface area contributed by atoms with Crippen molar-refractivity contribution in [1.29, 1.82) is 0 Å². The number of benzene rings is 1. The summed E-state index contributed by atoms with van der Waals surface area (Å²) < 4.78 is 0. The Morgan fingerprint density at radius 3 is 2.90 bits per heavy atom. The molecule has 0 bridgehead atoms. The number of hydrogen-bond donors (Lipinski definition) is 3. The van der Waals surface area contributed by atoms with Crippen LogP contribution in [0.15, 0.2) is 24.3 Å². The molecule has 114 valence electrons. The van der Waals surface area contributed by atoms with E-state index in [1.54, 1.807) is 29.2 Å². The van der Waals surface area contributed by atoms with E-state index in [2.05, 4.69) is 0 Å². The number of aliphatic hydroxyl groups excluding tert-OH is 1. The number of amides is 2. The van der Waals surface area contributed by atoms with Crippen LogP contribution in [0.4, 0.5) is 5.69 Å². The first-order valence-electron chi connectivity index (χ1n) is 7.10. The fourth-order valence-electron chi connectivity index (χ4n) is 2.55. The Bertz CT molecular complexity index is 533. The van der Waals surface area contributed by atoms with Crippen LogP contribution < -0.4 is 16.4 Å². The first-order valence-corrected chi connectivity index (χ1v) is 7.10. The van der Waals surface area contributed by atoms with Crippen LogP contribution in [0.25, 0.3) is 0 Å². The average Bonchev–Trinajstić information content (AvgIpc) is 2.48. The number of nitrogens with two attached hydrogens (primary N) is 2. The van der Waals surface area contributed by atoms with E-state index in [0.717, 1.165) is 0 Å². The smallest absolute Gasteiger partial charge is 0.227 e. The zero-order chi connectivity index (χ0) is 15.4. The summed E-state index contributed by atoms with van der Waals surface area (Å²) in [5.41, 5.74) is 12.2. The Balaban J connectivity index is 2.21. The molecule has 0 aromatic heterocycles. The van der Waals surface area contributed by atoms with Gasteiger partial charge in [0.2, 0.25) is 11.8 Å². The molecule has 1 aliphatic rings. The van der Waals surface area contributed by atoms with Gasteiger partial charge in [0.15, 0.2) is 0 Å². The van der Waals surface area contributed by atoms with Crippen molar-refractivity contribution in [3.05, 3.63) is 29.8 Å². The lowest BCUT2D eigenvalue weighted by Crippen LogP contribution is -2.44. The Labute approximate surface area is 123 Å². The molecule has 2 atom stereocenters. The molecule has 0 spiro atoms. The minimum absolute atomic E-state index is 0.0297. The van der Waals surface area contributed by atoms with Crippen molar-refractivity contribution in [1.82, 2.24) is 0 Å². The van der Waals surface area contributed by atoms with Gasteiger partial charge in [0.25, 0.3) is 0 Å². The van der Waals surface area contributed by atoms with Crippen molar-refractivity contribution < 1.29 is 14.7 Å². The van der Waals surface area contributed by atoms with Crippen molar-refractivity contribution in [2.45, 2.75) is 25.4 Å². The van der Waals surface area contributed by atoms with Crippen LogP contribution in [-0.2, 0) is 9.59 Å². The van der Waals surface area contributed by atoms with E-state index >= 15 is 0 Å². The van der Waals surface area contributed by atoms with Gasteiger partial charge in [-0.15, -0.1) is 0 Å². The SMILES string of the molecule is NCCC(O)c1cccc(N2CC(C(N)=O)CCC2=O)c1. The van der Waals surface area contributed by atoms with Gasteiger partial charge in [0.05, 0.1) is 12.0 Å². The van der Waals surface area contributed by atoms with Gasteiger partial charge in [-0.1, -0.05) is 12.1 Å². The van der Waals surface area contributed by atoms with E-state index in [-0.39, 0.29) is 17.7 Å². The summed E-state index contributed by atoms with van der Waals surface area (Å²) in [6, 6.07) is 7.14. The number of nitrogens with zero attached hydrogens (tertiary/aromatic N) is 1. The molecule has 2 unspecified atom stereocenters. The predicted octanol–water partition coefficient (Wildman–Crippen LogP) is 0.297. The predicted molar refractivity (Wildman–Crippen MR) is 79.3 cm³/mol. The summed E-state index contributed by atoms with van der Waals surface area (Å²) in [7, 11) is 0. The zero-order valence-corrected chi connectivity index (χ0v) is 11.9. The van der Waals surface area contributed by atoms with Gasteiger partial charge < -0.3 is 21.5 Å². The van der Waals surface area contributed by atoms with Crippen LogP contribution in [-0.4, -0.2) is 30.0 Å². The monoisotopic (exact) mass is 291 g/mol. The van der Waals surface area contributed by atoms with Crippen LogP contribution in [0, 0.1) is 5.92 Å². The second kappa shape index (κ2) is 6.69. The molecule has 1 saturated heterocycles. The van der Waals surface area contributed by atoms with E-state index in [4.69, 9.17) is 11.5 Å². The van der Waals surface area contributed by atoms with Crippen LogP contribution in [0.1, 0.15) is 30.9 Å². The number of hydrogen-bond acceptors (Lipinski definition) is 4. The normalized spacial score (nSPS) is 20.4. The second-order valence-electron chi connectivity index (χ2n) is 5.33. The molecular weight excluding hydrogens is 270 g/mol. The molecule has 6 nitrogen and oxygen atoms in total. The number of aliphatic hydroxyl groups is 1. The number of anilines is 1. The average molecular weight is 291 g/mol. The Morgan fingerprint density at radius 1 is 1.48 bits per heavy atom. The third-order valence-corrected chi connectivity index (χ3v) is 3.82. The van der Waals surface area contributed by atoms with Gasteiger partial charge in [-0.3, -0.25) is 9.59 Å². The van der Waals surface area contributed by atoms with Gasteiger partial charge in [0, 0.05) is 18.7 Å². The maximum absolute atomic E-state index is 12.1. The summed E-state index contributed by atoms with van der Waals surface area (Å²) >= 11 is 0. The van der Waals surface area contributed by atoms with Crippen LogP contribution in [0.3, 0.4) is 0 Å². The van der Waals surface area contributed by atoms with Gasteiger partial charge in [-0.05, 0) is 37.1 Å². The molecule has 1 aromatic carbocycles. The molecule has 1 aliphatic heterocycles. The summed E-state index contributed by atoms with van der Waals surface area (Å²) in [5.74, 6) is -0.731. The van der Waals surface area contributed by atoms with Crippen molar-refractivity contribution >= 4 is 17.5 Å². The van der Waals surface area contributed by atoms with Crippen molar-refractivity contribution in [2.75, 3.05) is 18.0 Å². The molecule has 2 rings (SSSR count). The molecular formula is C15H21N3O3. The number of piperidine rings is 1. The Hall–Kier alpha value is -1.92. The largest absolute Gasteiger partial charge is 0.388 e. The highest BCUT2D eigenvalue weighted by molar-refractivity contribution is 5.96. The fraction of sp³-hybridized carbons (Fsp3) is 0.467. The van der Waals surface area contributed by atoms with Crippen molar-refractivity contribution in [3.8, 4) is 0 Å². The second-order valence-corrected chi connectivity index (χ2v) is 5.33. The van der Waals surface area contributed by atoms with Gasteiger partial charge in [-0.2, -0.15) is 0 Å². The summed E-state index contributed by atoms with van der Waals surface area (Å²) in [4.78, 5) is 25.0. The van der Waals surface area contributed by atoms with Gasteiger partial charge in [0.1, 0.15) is 0 Å². The Morgan fingerprint density at radius 2 is 2.24 bits per heavy atom. The van der Waals surface area contributed by atoms with Gasteiger partial charge >= 0.3 is 0 Å². The molecule has 1 fully saturated rings. The van der Waals surface area contributed by atoms with E-state index in [0.29, 0.717) is 43.6 Å². The maximum Gasteiger partial charge on any atom is 0.227 e. The molecule has 0 saturated carbocycles. The lowest BCUT2D eigenvalue weighted by molar-refractivity contribution is -0.125. The standard InChI is InChI=1S/C15H21N3O3/c16-7-6-13(19)10-2-1-3-12(8-10)18-9-11(15(17)21)4-5-14(18)20/h1-3,8,11,13,19H,4-7,9,16H2,(H2,17,21). The molecule has 2 amide bonds. The maximum atomic E-state index is 12.1. The molecule has 0 radical (unpaired) electrons. The first kappa shape index (κ1) is 15.5. The van der Waals surface area contributed by atoms with Crippen molar-refractivity contribution in [2.24, 2.45) is 17.4 Å². The van der Waals surface area contributed by atoms with Crippen LogP contribution >= 0.6 is 0 Å². The summed E-state index contributed by atoms with van der Waals surface area (Å²) in [6.07, 6.45) is 0.617. The number of rotatable bonds is 5. The highest BCUT2D eigenvalue weighted by Gasteiger charge is 2.30. The Kier molecular flexibility index (Phi) is 4.93. The third-order valence-electron chi connectivity index (χ3n) is 3.82.